The minimum Gasteiger partial charge on any atom is -0.404 e. The molecule has 2 heterocycles. The van der Waals surface area contributed by atoms with E-state index < -0.39 is 4.92 Å². The maximum atomic E-state index is 10.6. The maximum absolute atomic E-state index is 10.6. The summed E-state index contributed by atoms with van der Waals surface area (Å²) in [4.78, 5) is 14.5. The van der Waals surface area contributed by atoms with Gasteiger partial charge in [-0.25, -0.2) is 0 Å². The molecule has 0 spiro atoms. The summed E-state index contributed by atoms with van der Waals surface area (Å²) in [6.07, 6.45) is 0. The van der Waals surface area contributed by atoms with Gasteiger partial charge in [0.2, 0.25) is 0 Å². The molecule has 8 heteroatoms. The molecule has 23 heavy (non-hydrogen) atoms. The van der Waals surface area contributed by atoms with Gasteiger partial charge in [-0.15, -0.1) is 0 Å². The highest BCUT2D eigenvalue weighted by atomic mass is 35.5. The molecule has 0 atom stereocenters. The van der Waals surface area contributed by atoms with E-state index in [2.05, 4.69) is 9.80 Å². The number of hydrogen-bond acceptors (Lipinski definition) is 5. The molecule has 1 saturated heterocycles. The molecule has 1 aromatic carbocycles. The normalized spacial score (nSPS) is 15.8. The number of halogens is 2. The molecule has 1 fully saturated rings. The molecule has 2 aromatic rings. The van der Waals surface area contributed by atoms with Crippen LogP contribution < -0.4 is 4.90 Å². The van der Waals surface area contributed by atoms with Crippen molar-refractivity contribution < 1.29 is 9.34 Å². The van der Waals surface area contributed by atoms with Crippen molar-refractivity contribution in [2.45, 2.75) is 6.54 Å². The molecule has 0 unspecified atom stereocenters. The summed E-state index contributed by atoms with van der Waals surface area (Å²) in [5, 5.41) is 11.9. The number of benzene rings is 1. The predicted octanol–water partition coefficient (Wildman–Crippen LogP) is 3.82. The van der Waals surface area contributed by atoms with E-state index in [0.29, 0.717) is 22.4 Å². The summed E-state index contributed by atoms with van der Waals surface area (Å²) in [5.41, 5.74) is 0.976. The van der Waals surface area contributed by atoms with Gasteiger partial charge in [-0.3, -0.25) is 15.0 Å². The van der Waals surface area contributed by atoms with Crippen LogP contribution in [0.3, 0.4) is 0 Å². The van der Waals surface area contributed by atoms with E-state index >= 15 is 0 Å². The van der Waals surface area contributed by atoms with Crippen LogP contribution in [0.2, 0.25) is 10.0 Å². The molecule has 1 aromatic heterocycles. The molecule has 0 amide bonds. The molecule has 0 radical (unpaired) electrons. The topological polar surface area (TPSA) is 62.8 Å². The van der Waals surface area contributed by atoms with Crippen molar-refractivity contribution in [1.82, 2.24) is 4.90 Å². The summed E-state index contributed by atoms with van der Waals surface area (Å²) in [5.74, 6) is 0.390. The third-order valence-electron chi connectivity index (χ3n) is 3.83. The summed E-state index contributed by atoms with van der Waals surface area (Å²) in [7, 11) is 0. The van der Waals surface area contributed by atoms with E-state index in [0.717, 1.165) is 31.9 Å². The van der Waals surface area contributed by atoms with E-state index in [1.807, 2.05) is 12.1 Å². The Morgan fingerprint density at radius 2 is 1.87 bits per heavy atom. The SMILES string of the molecule is O=[N+]([O-])c1ccc(CN2CCN(c3ccc(Cl)cc3Cl)CC2)o1. The van der Waals surface area contributed by atoms with Crippen LogP contribution >= 0.6 is 23.2 Å². The van der Waals surface area contributed by atoms with Crippen LogP contribution in [0.25, 0.3) is 0 Å². The fraction of sp³-hybridized carbons (Fsp3) is 0.333. The summed E-state index contributed by atoms with van der Waals surface area (Å²) in [6.45, 7) is 3.87. The van der Waals surface area contributed by atoms with Crippen molar-refractivity contribution in [1.29, 1.82) is 0 Å². The number of furan rings is 1. The molecule has 1 aliphatic heterocycles. The number of nitro groups is 1. The molecule has 3 rings (SSSR count). The Labute approximate surface area is 143 Å². The summed E-state index contributed by atoms with van der Waals surface area (Å²) in [6, 6.07) is 8.54. The Hall–Kier alpha value is -1.76. The first-order valence-electron chi connectivity index (χ1n) is 7.18. The monoisotopic (exact) mass is 355 g/mol. The standard InChI is InChI=1S/C15H15Cl2N3O3/c16-11-1-3-14(13(17)9-11)19-7-5-18(6-8-19)10-12-2-4-15(23-12)20(21)22/h1-4,9H,5-8,10H2. The lowest BCUT2D eigenvalue weighted by atomic mass is 10.2. The van der Waals surface area contributed by atoms with Gasteiger partial charge in [0.25, 0.3) is 0 Å². The quantitative estimate of drug-likeness (QED) is 0.616. The fourth-order valence-electron chi connectivity index (χ4n) is 2.65. The number of hydrogen-bond donors (Lipinski definition) is 0. The first kappa shape index (κ1) is 16.1. The third kappa shape index (κ3) is 3.77. The average Bonchev–Trinajstić information content (AvgIpc) is 2.97. The maximum Gasteiger partial charge on any atom is 0.433 e. The van der Waals surface area contributed by atoms with Gasteiger partial charge in [-0.1, -0.05) is 23.2 Å². The zero-order chi connectivity index (χ0) is 16.4. The van der Waals surface area contributed by atoms with Gasteiger partial charge < -0.3 is 9.32 Å². The molecule has 0 bridgehead atoms. The molecule has 0 aliphatic carbocycles. The molecular formula is C15H15Cl2N3O3. The van der Waals surface area contributed by atoms with Crippen LogP contribution in [-0.4, -0.2) is 36.0 Å². The second-order valence-electron chi connectivity index (χ2n) is 5.36. The van der Waals surface area contributed by atoms with Crippen molar-refractivity contribution in [3.05, 3.63) is 56.3 Å². The highest BCUT2D eigenvalue weighted by molar-refractivity contribution is 6.36. The van der Waals surface area contributed by atoms with Crippen LogP contribution in [-0.2, 0) is 6.54 Å². The highest BCUT2D eigenvalue weighted by Crippen LogP contribution is 2.29. The lowest BCUT2D eigenvalue weighted by Crippen LogP contribution is -2.46. The molecule has 0 N–H and O–H groups in total. The van der Waals surface area contributed by atoms with Gasteiger partial charge >= 0.3 is 5.88 Å². The Kier molecular flexibility index (Phi) is 4.75. The Bertz CT molecular complexity index is 712. The minimum absolute atomic E-state index is 0.216. The minimum atomic E-state index is -0.524. The van der Waals surface area contributed by atoms with E-state index in [-0.39, 0.29) is 5.88 Å². The van der Waals surface area contributed by atoms with Gasteiger partial charge in [0.05, 0.1) is 23.3 Å². The zero-order valence-electron chi connectivity index (χ0n) is 12.2. The number of piperazine rings is 1. The van der Waals surface area contributed by atoms with Crippen LogP contribution in [0.4, 0.5) is 11.6 Å². The number of rotatable bonds is 4. The highest BCUT2D eigenvalue weighted by Gasteiger charge is 2.21. The van der Waals surface area contributed by atoms with Crippen LogP contribution in [0.15, 0.2) is 34.7 Å². The smallest absolute Gasteiger partial charge is 0.404 e. The third-order valence-corrected chi connectivity index (χ3v) is 4.37. The van der Waals surface area contributed by atoms with Gasteiger partial charge in [0, 0.05) is 31.2 Å². The lowest BCUT2D eigenvalue weighted by Gasteiger charge is -2.36. The van der Waals surface area contributed by atoms with Crippen molar-refractivity contribution in [2.75, 3.05) is 31.1 Å². The van der Waals surface area contributed by atoms with Gasteiger partial charge in [0.1, 0.15) is 10.7 Å². The Morgan fingerprint density at radius 1 is 1.13 bits per heavy atom. The predicted molar refractivity (Wildman–Crippen MR) is 89.3 cm³/mol. The van der Waals surface area contributed by atoms with Crippen molar-refractivity contribution in [3.63, 3.8) is 0 Å². The van der Waals surface area contributed by atoms with Crippen LogP contribution in [0.5, 0.6) is 0 Å². The van der Waals surface area contributed by atoms with Gasteiger partial charge in [-0.05, 0) is 24.3 Å². The van der Waals surface area contributed by atoms with E-state index in [4.69, 9.17) is 27.6 Å². The lowest BCUT2D eigenvalue weighted by molar-refractivity contribution is -0.402. The first-order valence-corrected chi connectivity index (χ1v) is 7.94. The second kappa shape index (κ2) is 6.78. The molecule has 6 nitrogen and oxygen atoms in total. The number of anilines is 1. The molecule has 0 saturated carbocycles. The summed E-state index contributed by atoms with van der Waals surface area (Å²) >= 11 is 12.2. The average molecular weight is 356 g/mol. The Balaban J connectivity index is 1.58. The van der Waals surface area contributed by atoms with E-state index in [1.165, 1.54) is 6.07 Å². The van der Waals surface area contributed by atoms with Crippen molar-refractivity contribution >= 4 is 34.8 Å². The van der Waals surface area contributed by atoms with E-state index in [1.54, 1.807) is 12.1 Å². The molecule has 1 aliphatic rings. The van der Waals surface area contributed by atoms with Gasteiger partial charge in [0.15, 0.2) is 0 Å². The van der Waals surface area contributed by atoms with Gasteiger partial charge in [-0.2, -0.15) is 0 Å². The van der Waals surface area contributed by atoms with Crippen molar-refractivity contribution in [3.8, 4) is 0 Å². The first-order chi connectivity index (χ1) is 11.0. The molecular weight excluding hydrogens is 341 g/mol. The second-order valence-corrected chi connectivity index (χ2v) is 6.20. The zero-order valence-corrected chi connectivity index (χ0v) is 13.8. The summed E-state index contributed by atoms with van der Waals surface area (Å²) < 4.78 is 5.20. The number of nitrogens with zero attached hydrogens (tertiary/aromatic N) is 3. The Morgan fingerprint density at radius 3 is 2.48 bits per heavy atom. The molecule has 122 valence electrons. The van der Waals surface area contributed by atoms with E-state index in [9.17, 15) is 10.1 Å². The van der Waals surface area contributed by atoms with Crippen LogP contribution in [0, 0.1) is 10.1 Å². The fourth-order valence-corrected chi connectivity index (χ4v) is 3.18. The largest absolute Gasteiger partial charge is 0.433 e. The van der Waals surface area contributed by atoms with Crippen LogP contribution in [0.1, 0.15) is 5.76 Å². The van der Waals surface area contributed by atoms with Crippen molar-refractivity contribution in [2.24, 2.45) is 0 Å².